The number of hydrogen-bond donors (Lipinski definition) is 0. The van der Waals surface area contributed by atoms with E-state index in [0.29, 0.717) is 0 Å². The molecule has 11 rings (SSSR count). The van der Waals surface area contributed by atoms with E-state index in [0.717, 1.165) is 0 Å². The number of aromatic nitrogens is 2. The third-order valence-electron chi connectivity index (χ3n) is 12.7. The first kappa shape index (κ1) is 38.3. The number of nitrogens with zero attached hydrogens (tertiary/aromatic N) is 2. The van der Waals surface area contributed by atoms with Crippen molar-refractivity contribution in [2.75, 3.05) is 0 Å². The molecule has 0 amide bonds. The summed E-state index contributed by atoms with van der Waals surface area (Å²) in [5.74, 6) is 0. The molecule has 286 valence electrons. The molecule has 0 radical (unpaired) electrons. The number of fused-ring (bicyclic) bond motifs is 8. The van der Waals surface area contributed by atoms with Gasteiger partial charge in [0.15, 0.2) is 0 Å². The third kappa shape index (κ3) is 6.06. The van der Waals surface area contributed by atoms with Crippen molar-refractivity contribution in [2.24, 2.45) is 7.05 Å². The monoisotopic (exact) mass is 894 g/mol. The molecule has 0 aliphatic carbocycles. The average Bonchev–Trinajstić information content (AvgIpc) is 3.98. The van der Waals surface area contributed by atoms with Crippen LogP contribution in [0, 0.1) is 13.8 Å². The van der Waals surface area contributed by atoms with Crippen LogP contribution in [0.2, 0.25) is 13.1 Å². The Morgan fingerprint density at radius 2 is 0.898 bits per heavy atom. The topological polar surface area (TPSA) is 9.86 Å². The molecule has 0 saturated heterocycles. The van der Waals surface area contributed by atoms with Crippen LogP contribution in [0.4, 0.5) is 0 Å². The Balaban J connectivity index is 0.00000136. The molecule has 0 unspecified atom stereocenters. The maximum absolute atomic E-state index is 4.93. The standard InChI is InChI=1S/C53H42N2Si.2ClH.Zr/c1-33-29-44-38(35-25-27-49-46(31-35)40-17-9-11-23-48(40)54(49)3)19-13-21-42(44)52(33)56(4,5)53-34(2)30-45-39(20-14-22-43(45)53)36-26-28-51-47(32-36)41-18-10-12-24-50(41)55(51)37-15-7-6-8-16-37;;;/h6-32H,1-5H3;2*1H;/q-2;;;+4/p-2. The predicted molar refractivity (Wildman–Crippen MR) is 256 cm³/mol. The van der Waals surface area contributed by atoms with Crippen molar-refractivity contribution in [3.63, 3.8) is 0 Å². The molecule has 9 aromatic carbocycles. The number of para-hydroxylation sites is 3. The average molecular weight is 897 g/mol. The van der Waals surface area contributed by atoms with Crippen LogP contribution in [0.25, 0.3) is 93.1 Å². The van der Waals surface area contributed by atoms with Crippen molar-refractivity contribution in [1.82, 2.24) is 9.13 Å². The van der Waals surface area contributed by atoms with Gasteiger partial charge in [0.1, 0.15) is 0 Å². The summed E-state index contributed by atoms with van der Waals surface area (Å²) in [6, 6.07) is 61.2. The molecule has 2 heterocycles. The molecule has 0 N–H and O–H groups in total. The molecule has 0 fully saturated rings. The number of rotatable bonds is 5. The van der Waals surface area contributed by atoms with Crippen molar-refractivity contribution in [3.8, 4) is 27.9 Å². The SMILES string of the molecule is Cc1cc2c(-c3ccc4c(c3)c3ccccc3n4C)cccc2[c-]1[Si](C)(C)[c-]1c(C)cc2c(-c3ccc4c(c3)c3ccccc3n4-c3ccccc3)cccc21.[Cl][Zr+2][Cl]. The molecule has 0 spiro atoms. The second-order valence-electron chi connectivity index (χ2n) is 16.4. The van der Waals surface area contributed by atoms with E-state index in [1.807, 2.05) is 0 Å². The van der Waals surface area contributed by atoms with Gasteiger partial charge in [-0.05, 0) is 59.7 Å². The van der Waals surface area contributed by atoms with Crippen molar-refractivity contribution >= 4 is 101 Å². The van der Waals surface area contributed by atoms with E-state index >= 15 is 0 Å². The summed E-state index contributed by atoms with van der Waals surface area (Å²) in [7, 11) is 9.83. The molecule has 0 aliphatic heterocycles. The molecular weight excluding hydrogens is 855 g/mol. The number of hydrogen-bond acceptors (Lipinski definition) is 0. The Bertz CT molecular complexity index is 3400. The van der Waals surface area contributed by atoms with E-state index in [4.69, 9.17) is 17.0 Å². The summed E-state index contributed by atoms with van der Waals surface area (Å²) >= 11 is -0.826. The first-order valence-corrected chi connectivity index (χ1v) is 29.5. The second kappa shape index (κ2) is 14.9. The molecule has 6 heteroatoms. The first-order chi connectivity index (χ1) is 28.7. The summed E-state index contributed by atoms with van der Waals surface area (Å²) in [6.07, 6.45) is 0. The number of aryl methyl sites for hydroxylation is 3. The third-order valence-corrected chi connectivity index (χ3v) is 16.6. The fraction of sp³-hybridized carbons (Fsp3) is 0.0943. The summed E-state index contributed by atoms with van der Waals surface area (Å²) in [5, 5.41) is 13.8. The van der Waals surface area contributed by atoms with Gasteiger partial charge < -0.3 is 9.13 Å². The van der Waals surface area contributed by atoms with Crippen LogP contribution < -0.4 is 10.4 Å². The van der Waals surface area contributed by atoms with Crippen LogP contribution in [0.3, 0.4) is 0 Å². The molecule has 2 aromatic heterocycles. The van der Waals surface area contributed by atoms with Gasteiger partial charge in [0.2, 0.25) is 0 Å². The Morgan fingerprint density at radius 1 is 0.458 bits per heavy atom. The summed E-state index contributed by atoms with van der Waals surface area (Å²) in [5.41, 5.74) is 14.1. The van der Waals surface area contributed by atoms with E-state index < -0.39 is 28.9 Å². The zero-order valence-corrected chi connectivity index (χ0v) is 38.7. The quantitative estimate of drug-likeness (QED) is 0.120. The van der Waals surface area contributed by atoms with E-state index in [-0.39, 0.29) is 0 Å². The van der Waals surface area contributed by atoms with Gasteiger partial charge in [0.25, 0.3) is 0 Å². The van der Waals surface area contributed by atoms with Gasteiger partial charge in [-0.3, -0.25) is 0 Å². The fourth-order valence-electron chi connectivity index (χ4n) is 10.5. The Kier molecular flexibility index (Phi) is 9.69. The van der Waals surface area contributed by atoms with Crippen LogP contribution in [0.1, 0.15) is 11.1 Å². The van der Waals surface area contributed by atoms with Crippen molar-refractivity contribution in [3.05, 3.63) is 175 Å². The van der Waals surface area contributed by atoms with Crippen molar-refractivity contribution < 1.29 is 20.8 Å². The summed E-state index contributed by atoms with van der Waals surface area (Å²) in [4.78, 5) is 0. The molecule has 59 heavy (non-hydrogen) atoms. The molecule has 2 nitrogen and oxygen atoms in total. The summed E-state index contributed by atoms with van der Waals surface area (Å²) < 4.78 is 4.71. The van der Waals surface area contributed by atoms with E-state index in [1.165, 1.54) is 104 Å². The van der Waals surface area contributed by atoms with Gasteiger partial charge in [0, 0.05) is 53.4 Å². The van der Waals surface area contributed by atoms with Crippen LogP contribution in [-0.4, -0.2) is 17.2 Å². The molecule has 11 aromatic rings. The van der Waals surface area contributed by atoms with E-state index in [2.05, 4.69) is 207 Å². The molecule has 0 saturated carbocycles. The molecule has 0 aliphatic rings. The van der Waals surface area contributed by atoms with Gasteiger partial charge >= 0.3 is 37.9 Å². The minimum atomic E-state index is -2.21. The molecular formula is C53H42Cl2N2SiZr. The van der Waals surface area contributed by atoms with Gasteiger partial charge in [-0.15, -0.1) is 67.3 Å². The Labute approximate surface area is 364 Å². The fourth-order valence-corrected chi connectivity index (χ4v) is 14.6. The van der Waals surface area contributed by atoms with Crippen LogP contribution in [0.5, 0.6) is 0 Å². The summed E-state index contributed by atoms with van der Waals surface area (Å²) in [6.45, 7) is 9.83. The van der Waals surface area contributed by atoms with Gasteiger partial charge in [-0.25, -0.2) is 0 Å². The van der Waals surface area contributed by atoms with Crippen LogP contribution >= 0.6 is 17.0 Å². The van der Waals surface area contributed by atoms with Crippen molar-refractivity contribution in [2.45, 2.75) is 26.9 Å². The minimum absolute atomic E-state index is 0.826. The van der Waals surface area contributed by atoms with Crippen LogP contribution in [-0.2, 0) is 27.9 Å². The number of halogens is 2. The maximum atomic E-state index is 4.93. The predicted octanol–water partition coefficient (Wildman–Crippen LogP) is 14.3. The normalized spacial score (nSPS) is 11.9. The Hall–Kier alpha value is -4.96. The zero-order valence-electron chi connectivity index (χ0n) is 33.7. The molecule has 0 bridgehead atoms. The van der Waals surface area contributed by atoms with Gasteiger partial charge in [-0.1, -0.05) is 117 Å². The first-order valence-electron chi connectivity index (χ1n) is 20.1. The van der Waals surface area contributed by atoms with E-state index in [1.54, 1.807) is 10.4 Å². The Morgan fingerprint density at radius 3 is 1.47 bits per heavy atom. The second-order valence-corrected chi connectivity index (χ2v) is 24.3. The van der Waals surface area contributed by atoms with Crippen LogP contribution in [0.15, 0.2) is 164 Å². The van der Waals surface area contributed by atoms with E-state index in [9.17, 15) is 0 Å². The zero-order chi connectivity index (χ0) is 40.6. The molecule has 0 atom stereocenters. The number of benzene rings is 7. The van der Waals surface area contributed by atoms with Crippen molar-refractivity contribution in [1.29, 1.82) is 0 Å². The van der Waals surface area contributed by atoms with Gasteiger partial charge in [0.05, 0.1) is 11.0 Å². The van der Waals surface area contributed by atoms with Gasteiger partial charge in [-0.2, -0.15) is 12.1 Å².